The fourth-order valence-electron chi connectivity index (χ4n) is 1.45. The van der Waals surface area contributed by atoms with Crippen LogP contribution in [0, 0.1) is 0 Å². The quantitative estimate of drug-likeness (QED) is 0.769. The number of amides is 1. The molecule has 1 atom stereocenters. The predicted octanol–water partition coefficient (Wildman–Crippen LogP) is 2.52. The molecule has 0 heterocycles. The third kappa shape index (κ3) is 3.89. The van der Waals surface area contributed by atoms with E-state index in [4.69, 9.17) is 5.11 Å². The van der Waals surface area contributed by atoms with E-state index in [9.17, 15) is 4.79 Å². The number of carbonyl (C=O) groups is 1. The van der Waals surface area contributed by atoms with Gasteiger partial charge in [-0.25, -0.2) is 4.79 Å². The standard InChI is InChI=1S/C9H19NO2S/c1-7(6-13-5)10(8(11)12)9(2,3)4/h7H,6H2,1-5H3,(H,11,12)/t7-/m1/s1. The van der Waals surface area contributed by atoms with Crippen molar-refractivity contribution >= 4 is 17.9 Å². The lowest BCUT2D eigenvalue weighted by Gasteiger charge is -2.37. The average molecular weight is 205 g/mol. The molecule has 0 aromatic heterocycles. The van der Waals surface area contributed by atoms with E-state index in [1.165, 1.54) is 4.90 Å². The summed E-state index contributed by atoms with van der Waals surface area (Å²) in [6, 6.07) is 0.0625. The van der Waals surface area contributed by atoms with Crippen molar-refractivity contribution in [3.05, 3.63) is 0 Å². The van der Waals surface area contributed by atoms with Gasteiger partial charge in [0.25, 0.3) is 0 Å². The molecule has 0 saturated heterocycles. The third-order valence-corrected chi connectivity index (χ3v) is 2.59. The van der Waals surface area contributed by atoms with Crippen LogP contribution in [0.1, 0.15) is 27.7 Å². The van der Waals surface area contributed by atoms with E-state index in [1.807, 2.05) is 34.0 Å². The van der Waals surface area contributed by atoms with Gasteiger partial charge in [0.05, 0.1) is 0 Å². The maximum absolute atomic E-state index is 11.0. The van der Waals surface area contributed by atoms with E-state index in [0.717, 1.165) is 5.75 Å². The van der Waals surface area contributed by atoms with Crippen LogP contribution in [-0.2, 0) is 0 Å². The van der Waals surface area contributed by atoms with E-state index >= 15 is 0 Å². The van der Waals surface area contributed by atoms with Crippen LogP contribution in [0.25, 0.3) is 0 Å². The topological polar surface area (TPSA) is 40.5 Å². The molecule has 3 nitrogen and oxygen atoms in total. The van der Waals surface area contributed by atoms with E-state index in [0.29, 0.717) is 0 Å². The van der Waals surface area contributed by atoms with Crippen molar-refractivity contribution < 1.29 is 9.90 Å². The summed E-state index contributed by atoms with van der Waals surface area (Å²) in [5.41, 5.74) is -0.318. The highest BCUT2D eigenvalue weighted by Gasteiger charge is 2.30. The summed E-state index contributed by atoms with van der Waals surface area (Å²) < 4.78 is 0. The number of hydrogen-bond acceptors (Lipinski definition) is 2. The molecule has 0 rings (SSSR count). The number of hydrogen-bond donors (Lipinski definition) is 1. The molecule has 1 N–H and O–H groups in total. The molecule has 0 aliphatic rings. The Morgan fingerprint density at radius 2 is 2.00 bits per heavy atom. The molecular formula is C9H19NO2S. The van der Waals surface area contributed by atoms with Gasteiger partial charge in [-0.15, -0.1) is 0 Å². The molecule has 0 radical (unpaired) electrons. The predicted molar refractivity (Wildman–Crippen MR) is 57.5 cm³/mol. The molecule has 78 valence electrons. The van der Waals surface area contributed by atoms with E-state index in [-0.39, 0.29) is 11.6 Å². The Labute approximate surface area is 84.5 Å². The number of rotatable bonds is 3. The zero-order valence-corrected chi connectivity index (χ0v) is 9.81. The highest BCUT2D eigenvalue weighted by molar-refractivity contribution is 7.98. The van der Waals surface area contributed by atoms with E-state index < -0.39 is 6.09 Å². The van der Waals surface area contributed by atoms with Crippen LogP contribution >= 0.6 is 11.8 Å². The number of nitrogens with zero attached hydrogens (tertiary/aromatic N) is 1. The van der Waals surface area contributed by atoms with Crippen molar-refractivity contribution in [1.82, 2.24) is 4.90 Å². The zero-order valence-electron chi connectivity index (χ0n) is 9.00. The molecule has 0 saturated carbocycles. The van der Waals surface area contributed by atoms with Crippen LogP contribution in [0.5, 0.6) is 0 Å². The molecule has 0 aromatic carbocycles. The lowest BCUT2D eigenvalue weighted by molar-refractivity contribution is 0.0820. The molecule has 1 amide bonds. The van der Waals surface area contributed by atoms with Crippen LogP contribution < -0.4 is 0 Å². The van der Waals surface area contributed by atoms with Gasteiger partial charge in [-0.1, -0.05) is 0 Å². The van der Waals surface area contributed by atoms with Gasteiger partial charge in [0.1, 0.15) is 0 Å². The van der Waals surface area contributed by atoms with E-state index in [1.54, 1.807) is 11.8 Å². The van der Waals surface area contributed by atoms with E-state index in [2.05, 4.69) is 0 Å². The summed E-state index contributed by atoms with van der Waals surface area (Å²) in [4.78, 5) is 12.5. The van der Waals surface area contributed by atoms with Gasteiger partial charge in [0, 0.05) is 17.3 Å². The lowest BCUT2D eigenvalue weighted by atomic mass is 10.0. The summed E-state index contributed by atoms with van der Waals surface area (Å²) in [6.07, 6.45) is 1.15. The van der Waals surface area contributed by atoms with Crippen molar-refractivity contribution in [2.45, 2.75) is 39.3 Å². The average Bonchev–Trinajstić information content (AvgIpc) is 1.82. The minimum atomic E-state index is -0.839. The molecule has 4 heteroatoms. The van der Waals surface area contributed by atoms with Crippen LogP contribution in [-0.4, -0.2) is 39.7 Å². The van der Waals surface area contributed by atoms with Crippen molar-refractivity contribution in [3.8, 4) is 0 Å². The summed E-state index contributed by atoms with van der Waals surface area (Å²) >= 11 is 1.67. The molecule has 0 unspecified atom stereocenters. The monoisotopic (exact) mass is 205 g/mol. The first-order valence-electron chi connectivity index (χ1n) is 4.32. The van der Waals surface area contributed by atoms with Crippen LogP contribution in [0.3, 0.4) is 0 Å². The smallest absolute Gasteiger partial charge is 0.407 e. The van der Waals surface area contributed by atoms with Gasteiger partial charge in [-0.05, 0) is 34.0 Å². The van der Waals surface area contributed by atoms with Crippen LogP contribution in [0.2, 0.25) is 0 Å². The SMILES string of the molecule is CSC[C@@H](C)N(C(=O)O)C(C)(C)C. The highest BCUT2D eigenvalue weighted by Crippen LogP contribution is 2.18. The zero-order chi connectivity index (χ0) is 10.6. The second-order valence-corrected chi connectivity index (χ2v) is 5.04. The van der Waals surface area contributed by atoms with Crippen molar-refractivity contribution in [3.63, 3.8) is 0 Å². The maximum Gasteiger partial charge on any atom is 0.407 e. The maximum atomic E-state index is 11.0. The van der Waals surface area contributed by atoms with Gasteiger partial charge >= 0.3 is 6.09 Å². The number of carboxylic acid groups (broad SMARTS) is 1. The Bertz CT molecular complexity index is 177. The van der Waals surface area contributed by atoms with Crippen LogP contribution in [0.15, 0.2) is 0 Å². The summed E-state index contributed by atoms with van der Waals surface area (Å²) in [7, 11) is 0. The molecule has 0 fully saturated rings. The fourth-order valence-corrected chi connectivity index (χ4v) is 2.08. The first-order chi connectivity index (χ1) is 5.80. The second kappa shape index (κ2) is 4.74. The van der Waals surface area contributed by atoms with Gasteiger partial charge in [0.2, 0.25) is 0 Å². The normalized spacial score (nSPS) is 13.9. The number of thioether (sulfide) groups is 1. The summed E-state index contributed by atoms with van der Waals surface area (Å²) in [5.74, 6) is 0.837. The van der Waals surface area contributed by atoms with Gasteiger partial charge < -0.3 is 5.11 Å². The van der Waals surface area contributed by atoms with Crippen molar-refractivity contribution in [1.29, 1.82) is 0 Å². The van der Waals surface area contributed by atoms with Gasteiger partial charge in [-0.3, -0.25) is 4.90 Å². The molecule has 0 spiro atoms. The lowest BCUT2D eigenvalue weighted by Crippen LogP contribution is -2.50. The Balaban J connectivity index is 4.52. The Hall–Kier alpha value is -0.380. The second-order valence-electron chi connectivity index (χ2n) is 4.13. The molecule has 13 heavy (non-hydrogen) atoms. The van der Waals surface area contributed by atoms with Crippen molar-refractivity contribution in [2.24, 2.45) is 0 Å². The molecule has 0 aliphatic heterocycles. The Kier molecular flexibility index (Phi) is 4.61. The largest absolute Gasteiger partial charge is 0.465 e. The summed E-state index contributed by atoms with van der Waals surface area (Å²) in [6.45, 7) is 7.68. The minimum absolute atomic E-state index is 0.0625. The molecule has 0 bridgehead atoms. The fraction of sp³-hybridized carbons (Fsp3) is 0.889. The molecule has 0 aromatic rings. The van der Waals surface area contributed by atoms with Crippen molar-refractivity contribution in [2.75, 3.05) is 12.0 Å². The summed E-state index contributed by atoms with van der Waals surface area (Å²) in [5, 5.41) is 9.02. The highest BCUT2D eigenvalue weighted by atomic mass is 32.2. The minimum Gasteiger partial charge on any atom is -0.465 e. The first-order valence-corrected chi connectivity index (χ1v) is 5.71. The third-order valence-electron chi connectivity index (χ3n) is 1.78. The Morgan fingerprint density at radius 3 is 2.23 bits per heavy atom. The van der Waals surface area contributed by atoms with Gasteiger partial charge in [0.15, 0.2) is 0 Å². The van der Waals surface area contributed by atoms with Crippen LogP contribution in [0.4, 0.5) is 4.79 Å². The van der Waals surface area contributed by atoms with Gasteiger partial charge in [-0.2, -0.15) is 11.8 Å². The first kappa shape index (κ1) is 12.6. The Morgan fingerprint density at radius 1 is 1.54 bits per heavy atom. The molecular weight excluding hydrogens is 186 g/mol. The molecule has 0 aliphatic carbocycles.